The molecule has 0 saturated carbocycles. The van der Waals surface area contributed by atoms with Crippen LogP contribution in [0.15, 0.2) is 114 Å². The zero-order valence-electron chi connectivity index (χ0n) is 26.1. The third-order valence-electron chi connectivity index (χ3n) is 10.9. The van der Waals surface area contributed by atoms with Crippen LogP contribution >= 0.6 is 11.3 Å². The minimum absolute atomic E-state index is 0.0782. The number of fused-ring (bicyclic) bond motifs is 8. The van der Waals surface area contributed by atoms with E-state index in [0.29, 0.717) is 23.3 Å². The Balaban J connectivity index is 1.33. The first kappa shape index (κ1) is 26.7. The zero-order valence-corrected chi connectivity index (χ0v) is 26.9. The van der Waals surface area contributed by atoms with Crippen LogP contribution in [-0.2, 0) is 0 Å². The van der Waals surface area contributed by atoms with Gasteiger partial charge in [-0.15, -0.1) is 11.3 Å². The van der Waals surface area contributed by atoms with Crippen molar-refractivity contribution < 1.29 is 0 Å². The maximum atomic E-state index is 10.1. The minimum Gasteiger partial charge on any atom is -0.309 e. The van der Waals surface area contributed by atoms with Crippen molar-refractivity contribution in [2.75, 3.05) is 0 Å². The van der Waals surface area contributed by atoms with Crippen molar-refractivity contribution in [3.63, 3.8) is 0 Å². The van der Waals surface area contributed by atoms with E-state index in [2.05, 4.69) is 135 Å². The molecule has 3 atom stereocenters. The van der Waals surface area contributed by atoms with Gasteiger partial charge in [0, 0.05) is 42.6 Å². The highest BCUT2D eigenvalue weighted by molar-refractivity contribution is 7.20. The van der Waals surface area contributed by atoms with Gasteiger partial charge in [0.05, 0.1) is 28.4 Å². The Kier molecular flexibility index (Phi) is 5.60. The molecule has 218 valence electrons. The molecule has 0 amide bonds. The average molecular weight is 599 g/mol. The molecule has 45 heavy (non-hydrogen) atoms. The molecule has 4 aromatic carbocycles. The van der Waals surface area contributed by atoms with Gasteiger partial charge < -0.3 is 4.57 Å². The lowest BCUT2D eigenvalue weighted by Crippen LogP contribution is -2.21. The van der Waals surface area contributed by atoms with Gasteiger partial charge >= 0.3 is 0 Å². The maximum absolute atomic E-state index is 10.1. The Bertz CT molecular complexity index is 2330. The summed E-state index contributed by atoms with van der Waals surface area (Å²) in [6.07, 6.45) is 8.57. The zero-order chi connectivity index (χ0) is 30.6. The fourth-order valence-electron chi connectivity index (χ4n) is 8.80. The van der Waals surface area contributed by atoms with Crippen LogP contribution in [0.4, 0.5) is 0 Å². The Hall–Kier alpha value is -4.65. The second-order valence-corrected chi connectivity index (χ2v) is 14.8. The molecule has 2 heterocycles. The first-order valence-electron chi connectivity index (χ1n) is 16.1. The van der Waals surface area contributed by atoms with Crippen LogP contribution in [-0.4, -0.2) is 4.57 Å². The van der Waals surface area contributed by atoms with Gasteiger partial charge in [-0.3, -0.25) is 0 Å². The number of para-hydroxylation sites is 2. The molecule has 0 fully saturated rings. The highest BCUT2D eigenvalue weighted by atomic mass is 32.1. The number of aromatic nitrogens is 1. The summed E-state index contributed by atoms with van der Waals surface area (Å²) in [4.78, 5) is 1.40. The first-order chi connectivity index (χ1) is 21.9. The van der Waals surface area contributed by atoms with Gasteiger partial charge in [0.2, 0.25) is 0 Å². The number of hydrogen-bond donors (Lipinski definition) is 0. The molecule has 0 spiro atoms. The molecule has 3 aliphatic carbocycles. The van der Waals surface area contributed by atoms with Gasteiger partial charge in [0.1, 0.15) is 0 Å². The molecular formula is C42H34N2S. The van der Waals surface area contributed by atoms with Crippen molar-refractivity contribution in [2.24, 2.45) is 17.3 Å². The molecule has 6 aromatic rings. The lowest BCUT2D eigenvalue weighted by atomic mass is 9.70. The SMILES string of the molecule is CC1C=CC2=C(C1)C(C)(C)C1=Cc3sc4cccc(-c5cc(C#N)ccc5-n5c6ccccc6c6ccccc65)c4c3C(C)C12. The second-order valence-electron chi connectivity index (χ2n) is 13.7. The monoisotopic (exact) mass is 598 g/mol. The Morgan fingerprint density at radius 3 is 2.33 bits per heavy atom. The summed E-state index contributed by atoms with van der Waals surface area (Å²) in [6, 6.07) is 32.8. The summed E-state index contributed by atoms with van der Waals surface area (Å²) < 4.78 is 3.71. The van der Waals surface area contributed by atoms with Crippen LogP contribution in [0.3, 0.4) is 0 Å². The highest BCUT2D eigenvalue weighted by Gasteiger charge is 2.48. The van der Waals surface area contributed by atoms with Crippen LogP contribution < -0.4 is 0 Å². The standard InChI is InChI=1S/C42H34N2S/c1-24-16-18-30-32(20-24)42(3,4)33-22-38-40(25(2)39(30)33)41-29(12-9-15-37(41)45-38)31-21-26(23-43)17-19-36(31)44-34-13-7-5-10-27(34)28-11-6-8-14-35(28)44/h5-19,21-22,24-25,39H,20H2,1-4H3. The normalized spacial score (nSPS) is 21.6. The summed E-state index contributed by atoms with van der Waals surface area (Å²) >= 11 is 1.93. The number of benzene rings is 4. The van der Waals surface area contributed by atoms with E-state index < -0.39 is 0 Å². The summed E-state index contributed by atoms with van der Waals surface area (Å²) in [5, 5.41) is 13.9. The summed E-state index contributed by atoms with van der Waals surface area (Å²) in [5.74, 6) is 1.35. The van der Waals surface area contributed by atoms with Crippen LogP contribution in [0.1, 0.15) is 56.0 Å². The highest BCUT2D eigenvalue weighted by Crippen LogP contribution is 2.62. The Morgan fingerprint density at radius 2 is 1.60 bits per heavy atom. The summed E-state index contributed by atoms with van der Waals surface area (Å²) in [6.45, 7) is 9.69. The van der Waals surface area contributed by atoms with E-state index in [1.807, 2.05) is 17.4 Å². The molecule has 3 heteroatoms. The molecule has 0 N–H and O–H groups in total. The summed E-state index contributed by atoms with van der Waals surface area (Å²) in [5.41, 5.74) is 12.8. The lowest BCUT2D eigenvalue weighted by Gasteiger charge is -2.33. The van der Waals surface area contributed by atoms with Gasteiger partial charge in [-0.05, 0) is 77.4 Å². The van der Waals surface area contributed by atoms with Crippen LogP contribution in [0.5, 0.6) is 0 Å². The third kappa shape index (κ3) is 3.61. The van der Waals surface area contributed by atoms with Crippen molar-refractivity contribution in [1.82, 2.24) is 4.57 Å². The fraction of sp³-hybridized carbons (Fsp3) is 0.214. The Morgan fingerprint density at radius 1 is 0.867 bits per heavy atom. The molecule has 0 saturated heterocycles. The number of allylic oxidation sites excluding steroid dienone is 5. The number of rotatable bonds is 2. The van der Waals surface area contributed by atoms with E-state index >= 15 is 0 Å². The van der Waals surface area contributed by atoms with Gasteiger partial charge in [0.15, 0.2) is 0 Å². The van der Waals surface area contributed by atoms with Gasteiger partial charge in [-0.1, -0.05) is 99.5 Å². The second kappa shape index (κ2) is 9.43. The van der Waals surface area contributed by atoms with Crippen LogP contribution in [0, 0.1) is 28.6 Å². The Labute approximate surface area is 268 Å². The number of hydrogen-bond acceptors (Lipinski definition) is 2. The minimum atomic E-state index is 0.0782. The molecule has 2 aromatic heterocycles. The number of nitriles is 1. The van der Waals surface area contributed by atoms with Crippen molar-refractivity contribution in [1.29, 1.82) is 5.26 Å². The first-order valence-corrected chi connectivity index (χ1v) is 16.9. The van der Waals surface area contributed by atoms with Gasteiger partial charge in [0.25, 0.3) is 0 Å². The lowest BCUT2D eigenvalue weighted by molar-refractivity contribution is 0.475. The molecule has 9 rings (SSSR count). The molecule has 0 aliphatic heterocycles. The van der Waals surface area contributed by atoms with E-state index in [4.69, 9.17) is 0 Å². The molecule has 2 nitrogen and oxygen atoms in total. The van der Waals surface area contributed by atoms with Crippen molar-refractivity contribution >= 4 is 49.3 Å². The van der Waals surface area contributed by atoms with Gasteiger partial charge in [-0.25, -0.2) is 0 Å². The molecule has 0 bridgehead atoms. The van der Waals surface area contributed by atoms with Crippen molar-refractivity contribution in [2.45, 2.75) is 40.0 Å². The van der Waals surface area contributed by atoms with E-state index in [0.717, 1.165) is 17.7 Å². The molecule has 0 radical (unpaired) electrons. The smallest absolute Gasteiger partial charge is 0.0991 e. The van der Waals surface area contributed by atoms with Crippen molar-refractivity contribution in [3.05, 3.63) is 130 Å². The topological polar surface area (TPSA) is 28.7 Å². The maximum Gasteiger partial charge on any atom is 0.0991 e. The van der Waals surface area contributed by atoms with E-state index in [9.17, 15) is 5.26 Å². The van der Waals surface area contributed by atoms with E-state index in [1.165, 1.54) is 47.9 Å². The largest absolute Gasteiger partial charge is 0.309 e. The van der Waals surface area contributed by atoms with Crippen LogP contribution in [0.2, 0.25) is 0 Å². The third-order valence-corrected chi connectivity index (χ3v) is 12.0. The molecular weight excluding hydrogens is 565 g/mol. The quantitative estimate of drug-likeness (QED) is 0.195. The average Bonchev–Trinajstić information content (AvgIpc) is 3.67. The number of nitrogens with zero attached hydrogens (tertiary/aromatic N) is 2. The van der Waals surface area contributed by atoms with E-state index in [-0.39, 0.29) is 5.41 Å². The predicted octanol–water partition coefficient (Wildman–Crippen LogP) is 11.6. The summed E-state index contributed by atoms with van der Waals surface area (Å²) in [7, 11) is 0. The van der Waals surface area contributed by atoms with E-state index in [1.54, 1.807) is 16.7 Å². The van der Waals surface area contributed by atoms with Crippen molar-refractivity contribution in [3.8, 4) is 22.9 Å². The molecule has 3 aliphatic rings. The molecule has 3 unspecified atom stereocenters. The fourth-order valence-corrected chi connectivity index (χ4v) is 10.1. The number of thiophene rings is 1. The van der Waals surface area contributed by atoms with Gasteiger partial charge in [-0.2, -0.15) is 5.26 Å². The van der Waals surface area contributed by atoms with Crippen LogP contribution in [0.25, 0.3) is 54.8 Å². The predicted molar refractivity (Wildman–Crippen MR) is 190 cm³/mol.